The second-order valence-corrected chi connectivity index (χ2v) is 9.32. The highest BCUT2D eigenvalue weighted by Crippen LogP contribution is 2.37. The summed E-state index contributed by atoms with van der Waals surface area (Å²) in [4.78, 5) is 12.9. The number of carbonyl (C=O) groups excluding carboxylic acids is 1. The second-order valence-electron chi connectivity index (χ2n) is 9.32. The summed E-state index contributed by atoms with van der Waals surface area (Å²) < 4.78 is 11.2. The van der Waals surface area contributed by atoms with Gasteiger partial charge in [-0.25, -0.2) is 4.79 Å². The molecule has 2 amide bonds. The molecular weight excluding hydrogens is 400 g/mol. The predicted octanol–water partition coefficient (Wildman–Crippen LogP) is 6.83. The summed E-state index contributed by atoms with van der Waals surface area (Å²) in [5.74, 6) is 2.67. The lowest BCUT2D eigenvalue weighted by molar-refractivity contribution is 0.173. The summed E-state index contributed by atoms with van der Waals surface area (Å²) >= 11 is 0. The normalized spacial score (nSPS) is 13.5. The molecule has 5 heteroatoms. The highest BCUT2D eigenvalue weighted by Gasteiger charge is 2.21. The van der Waals surface area contributed by atoms with Gasteiger partial charge in [-0.3, -0.25) is 0 Å². The summed E-state index contributed by atoms with van der Waals surface area (Å²) in [5, 5.41) is 6.30. The lowest BCUT2D eigenvalue weighted by atomic mass is 9.92. The van der Waals surface area contributed by atoms with Gasteiger partial charge in [0, 0.05) is 12.2 Å². The smallest absolute Gasteiger partial charge is 0.319 e. The molecule has 1 unspecified atom stereocenters. The molecule has 0 saturated carbocycles. The Hall–Kier alpha value is -2.69. The number of carbonyl (C=O) groups is 1. The van der Waals surface area contributed by atoms with Gasteiger partial charge in [0.15, 0.2) is 11.5 Å². The molecule has 2 N–H and O–H groups in total. The maximum atomic E-state index is 12.9. The molecule has 2 aromatic rings. The molecule has 2 aromatic carbocycles. The fourth-order valence-electron chi connectivity index (χ4n) is 4.32. The molecule has 0 radical (unpaired) electrons. The average molecular weight is 439 g/mol. The van der Waals surface area contributed by atoms with Gasteiger partial charge in [0.25, 0.3) is 0 Å². The summed E-state index contributed by atoms with van der Waals surface area (Å²) in [6.07, 6.45) is 4.18. The number of para-hydroxylation sites is 2. The van der Waals surface area contributed by atoms with Crippen LogP contribution in [-0.2, 0) is 6.42 Å². The molecule has 1 aliphatic rings. The van der Waals surface area contributed by atoms with E-state index in [1.807, 2.05) is 12.1 Å². The molecule has 174 valence electrons. The lowest BCUT2D eigenvalue weighted by Crippen LogP contribution is -2.34. The van der Waals surface area contributed by atoms with Crippen LogP contribution in [0.1, 0.15) is 82.4 Å². The zero-order valence-electron chi connectivity index (χ0n) is 20.2. The van der Waals surface area contributed by atoms with Crippen molar-refractivity contribution in [1.82, 2.24) is 5.32 Å². The van der Waals surface area contributed by atoms with E-state index in [9.17, 15) is 4.79 Å². The Balaban J connectivity index is 1.68. The predicted molar refractivity (Wildman–Crippen MR) is 131 cm³/mol. The van der Waals surface area contributed by atoms with Crippen molar-refractivity contribution in [3.8, 4) is 11.5 Å². The van der Waals surface area contributed by atoms with Gasteiger partial charge in [0.1, 0.15) is 0 Å². The molecule has 1 aliphatic heterocycles. The van der Waals surface area contributed by atoms with Crippen molar-refractivity contribution < 1.29 is 14.3 Å². The lowest BCUT2D eigenvalue weighted by Gasteiger charge is -2.22. The van der Waals surface area contributed by atoms with Crippen LogP contribution >= 0.6 is 0 Å². The van der Waals surface area contributed by atoms with Crippen molar-refractivity contribution in [2.75, 3.05) is 18.7 Å². The topological polar surface area (TPSA) is 59.6 Å². The van der Waals surface area contributed by atoms with Gasteiger partial charge < -0.3 is 20.1 Å². The molecule has 0 aliphatic carbocycles. The van der Waals surface area contributed by atoms with Gasteiger partial charge in [-0.15, -0.1) is 0 Å². The largest absolute Gasteiger partial charge is 0.454 e. The highest BCUT2D eigenvalue weighted by atomic mass is 16.7. The Morgan fingerprint density at radius 3 is 2.34 bits per heavy atom. The van der Waals surface area contributed by atoms with E-state index >= 15 is 0 Å². The quantitative estimate of drug-likeness (QED) is 0.427. The van der Waals surface area contributed by atoms with Crippen LogP contribution in [0.3, 0.4) is 0 Å². The molecule has 1 heterocycles. The summed E-state index contributed by atoms with van der Waals surface area (Å²) in [5.41, 5.74) is 4.44. The van der Waals surface area contributed by atoms with E-state index in [2.05, 4.69) is 69.5 Å². The van der Waals surface area contributed by atoms with Gasteiger partial charge in [0.2, 0.25) is 6.79 Å². The van der Waals surface area contributed by atoms with Crippen LogP contribution in [0.5, 0.6) is 11.5 Å². The minimum Gasteiger partial charge on any atom is -0.454 e. The third-order valence-corrected chi connectivity index (χ3v) is 6.12. The molecule has 1 atom stereocenters. The van der Waals surface area contributed by atoms with Gasteiger partial charge in [-0.2, -0.15) is 0 Å². The first kappa shape index (κ1) is 24.0. The van der Waals surface area contributed by atoms with Gasteiger partial charge in [0.05, 0.1) is 0 Å². The highest BCUT2D eigenvalue weighted by molar-refractivity contribution is 5.91. The van der Waals surface area contributed by atoms with Crippen molar-refractivity contribution >= 4 is 11.7 Å². The molecule has 0 fully saturated rings. The number of ether oxygens (including phenoxy) is 2. The number of nitrogens with one attached hydrogen (secondary N) is 2. The van der Waals surface area contributed by atoms with E-state index in [4.69, 9.17) is 9.47 Å². The number of unbranched alkanes of at least 4 members (excludes halogenated alkanes) is 1. The van der Waals surface area contributed by atoms with E-state index in [1.54, 1.807) is 0 Å². The first-order chi connectivity index (χ1) is 15.4. The minimum absolute atomic E-state index is 0.139. The minimum atomic E-state index is -0.139. The first-order valence-electron chi connectivity index (χ1n) is 12.0. The van der Waals surface area contributed by atoms with Crippen molar-refractivity contribution in [2.45, 2.75) is 72.1 Å². The van der Waals surface area contributed by atoms with Crippen molar-refractivity contribution in [2.24, 2.45) is 5.92 Å². The maximum absolute atomic E-state index is 12.9. The van der Waals surface area contributed by atoms with Crippen LogP contribution in [0.2, 0.25) is 0 Å². The SMILES string of the molecule is CCCCC(CNC(=O)Nc1c(C(C)C)cccc1C(C)C)Cc1cccc2c1OCO2. The van der Waals surface area contributed by atoms with E-state index < -0.39 is 0 Å². The number of hydrogen-bond donors (Lipinski definition) is 2. The van der Waals surface area contributed by atoms with E-state index in [0.717, 1.165) is 48.4 Å². The van der Waals surface area contributed by atoms with E-state index in [1.165, 1.54) is 11.1 Å². The molecule has 0 bridgehead atoms. The standard InChI is InChI=1S/C27H38N2O3/c1-6-7-10-20(15-21-11-8-14-24-26(21)32-17-31-24)16-28-27(30)29-25-22(18(2)3)12-9-13-23(25)19(4)5/h8-9,11-14,18-20H,6-7,10,15-17H2,1-5H3,(H2,28,29,30). The maximum Gasteiger partial charge on any atom is 0.319 e. The van der Waals surface area contributed by atoms with Crippen LogP contribution in [0.15, 0.2) is 36.4 Å². The summed E-state index contributed by atoms with van der Waals surface area (Å²) in [6.45, 7) is 11.7. The van der Waals surface area contributed by atoms with Crippen LogP contribution in [0.25, 0.3) is 0 Å². The summed E-state index contributed by atoms with van der Waals surface area (Å²) in [7, 11) is 0. The molecule has 0 saturated heterocycles. The fraction of sp³-hybridized carbons (Fsp3) is 0.519. The fourth-order valence-corrected chi connectivity index (χ4v) is 4.32. The molecule has 5 nitrogen and oxygen atoms in total. The third kappa shape index (κ3) is 5.96. The number of amides is 2. The van der Waals surface area contributed by atoms with Gasteiger partial charge in [-0.1, -0.05) is 77.8 Å². The number of urea groups is 1. The van der Waals surface area contributed by atoms with Crippen molar-refractivity contribution in [3.63, 3.8) is 0 Å². The van der Waals surface area contributed by atoms with E-state index in [0.29, 0.717) is 24.3 Å². The van der Waals surface area contributed by atoms with Crippen LogP contribution < -0.4 is 20.1 Å². The second kappa shape index (κ2) is 11.3. The number of anilines is 1. The number of hydrogen-bond acceptors (Lipinski definition) is 3. The van der Waals surface area contributed by atoms with Crippen LogP contribution in [0.4, 0.5) is 10.5 Å². The monoisotopic (exact) mass is 438 g/mol. The first-order valence-corrected chi connectivity index (χ1v) is 12.0. The number of rotatable bonds is 10. The van der Waals surface area contributed by atoms with Gasteiger partial charge in [-0.05, 0) is 53.4 Å². The molecule has 32 heavy (non-hydrogen) atoms. The Labute approximate surface area is 192 Å². The van der Waals surface area contributed by atoms with Crippen LogP contribution in [0, 0.1) is 5.92 Å². The zero-order valence-corrected chi connectivity index (χ0v) is 20.2. The zero-order chi connectivity index (χ0) is 23.1. The summed E-state index contributed by atoms with van der Waals surface area (Å²) in [6, 6.07) is 12.2. The van der Waals surface area contributed by atoms with Crippen molar-refractivity contribution in [1.29, 1.82) is 0 Å². The molecule has 3 rings (SSSR count). The molecular formula is C27H38N2O3. The Bertz CT molecular complexity index is 882. The third-order valence-electron chi connectivity index (χ3n) is 6.12. The van der Waals surface area contributed by atoms with Crippen LogP contribution in [-0.4, -0.2) is 19.4 Å². The van der Waals surface area contributed by atoms with E-state index in [-0.39, 0.29) is 12.8 Å². The number of fused-ring (bicyclic) bond motifs is 1. The molecule has 0 aromatic heterocycles. The van der Waals surface area contributed by atoms with Crippen molar-refractivity contribution in [3.05, 3.63) is 53.1 Å². The molecule has 0 spiro atoms. The number of benzene rings is 2. The van der Waals surface area contributed by atoms with Gasteiger partial charge >= 0.3 is 6.03 Å². The average Bonchev–Trinajstić information content (AvgIpc) is 3.25. The Morgan fingerprint density at radius 2 is 1.69 bits per heavy atom. The Kier molecular flexibility index (Phi) is 8.43. The Morgan fingerprint density at radius 1 is 1.00 bits per heavy atom.